The van der Waals surface area contributed by atoms with Crippen molar-refractivity contribution in [1.29, 1.82) is 0 Å². The van der Waals surface area contributed by atoms with Crippen LogP contribution in [0.1, 0.15) is 76.3 Å². The quantitative estimate of drug-likeness (QED) is 0.228. The van der Waals surface area contributed by atoms with E-state index in [1.165, 1.54) is 34.4 Å². The number of esters is 1. The van der Waals surface area contributed by atoms with Crippen molar-refractivity contribution < 1.29 is 19.1 Å². The molecule has 1 aromatic heterocycles. The van der Waals surface area contributed by atoms with Crippen molar-refractivity contribution in [3.8, 4) is 0 Å². The number of thioether (sulfide) groups is 1. The lowest BCUT2D eigenvalue weighted by molar-refractivity contribution is -0.115. The molecule has 2 amide bonds. The summed E-state index contributed by atoms with van der Waals surface area (Å²) in [6.45, 7) is 5.83. The molecule has 2 aromatic carbocycles. The molecule has 1 atom stereocenters. The Morgan fingerprint density at radius 2 is 1.76 bits per heavy atom. The molecular formula is C30H34N2O4S2. The summed E-state index contributed by atoms with van der Waals surface area (Å²) in [6, 6.07) is 14.9. The summed E-state index contributed by atoms with van der Waals surface area (Å²) < 4.78 is 5.36. The number of ether oxygens (including phenoxy) is 1. The third-order valence-electron chi connectivity index (χ3n) is 6.55. The highest BCUT2D eigenvalue weighted by molar-refractivity contribution is 8.00. The molecule has 0 spiro atoms. The van der Waals surface area contributed by atoms with Crippen LogP contribution in [0.15, 0.2) is 53.4 Å². The zero-order valence-corrected chi connectivity index (χ0v) is 23.7. The van der Waals surface area contributed by atoms with Crippen molar-refractivity contribution in [1.82, 2.24) is 0 Å². The van der Waals surface area contributed by atoms with E-state index in [4.69, 9.17) is 4.74 Å². The maximum Gasteiger partial charge on any atom is 0.341 e. The second-order valence-electron chi connectivity index (χ2n) is 9.39. The van der Waals surface area contributed by atoms with Crippen LogP contribution in [0, 0.1) is 6.92 Å². The number of hydrogen-bond donors (Lipinski definition) is 2. The van der Waals surface area contributed by atoms with Crippen LogP contribution in [0.5, 0.6) is 0 Å². The summed E-state index contributed by atoms with van der Waals surface area (Å²) in [5, 5.41) is 6.15. The van der Waals surface area contributed by atoms with E-state index in [1.54, 1.807) is 13.0 Å². The van der Waals surface area contributed by atoms with Gasteiger partial charge in [0.2, 0.25) is 5.91 Å². The van der Waals surface area contributed by atoms with Gasteiger partial charge in [-0.25, -0.2) is 4.79 Å². The molecule has 0 bridgehead atoms. The molecule has 1 aliphatic rings. The molecule has 200 valence electrons. The largest absolute Gasteiger partial charge is 0.462 e. The van der Waals surface area contributed by atoms with Crippen LogP contribution in [0.4, 0.5) is 10.7 Å². The standard InChI is InChI=1S/C30H34N2O4S2/c1-4-36-30(35)26-24-16-7-5-6-8-17-25(24)38-29(26)32-27(33)20(3)37-22-14-11-13-21(18-22)31-28(34)23-15-10-9-12-19(23)2/h9-15,18,20H,4-8,16-17H2,1-3H3,(H,31,34)(H,32,33). The van der Waals surface area contributed by atoms with Crippen molar-refractivity contribution in [2.75, 3.05) is 17.2 Å². The number of aryl methyl sites for hydroxylation is 2. The molecule has 2 N–H and O–H groups in total. The first kappa shape index (κ1) is 27.9. The predicted molar refractivity (Wildman–Crippen MR) is 156 cm³/mol. The fourth-order valence-electron chi connectivity index (χ4n) is 4.57. The van der Waals surface area contributed by atoms with Gasteiger partial charge in [-0.05, 0) is 81.8 Å². The van der Waals surface area contributed by atoms with E-state index >= 15 is 0 Å². The summed E-state index contributed by atoms with van der Waals surface area (Å²) in [7, 11) is 0. The Kier molecular flexibility index (Phi) is 9.63. The topological polar surface area (TPSA) is 84.5 Å². The Bertz CT molecular complexity index is 1320. The van der Waals surface area contributed by atoms with Gasteiger partial charge < -0.3 is 15.4 Å². The monoisotopic (exact) mass is 550 g/mol. The van der Waals surface area contributed by atoms with Crippen LogP contribution in [0.2, 0.25) is 0 Å². The van der Waals surface area contributed by atoms with Crippen molar-refractivity contribution >= 4 is 51.6 Å². The number of thiophene rings is 1. The highest BCUT2D eigenvalue weighted by atomic mass is 32.2. The second kappa shape index (κ2) is 13.1. The first-order chi connectivity index (χ1) is 18.4. The van der Waals surface area contributed by atoms with Crippen LogP contribution >= 0.6 is 23.1 Å². The molecule has 38 heavy (non-hydrogen) atoms. The summed E-state index contributed by atoms with van der Waals surface area (Å²) in [4.78, 5) is 40.9. The lowest BCUT2D eigenvalue weighted by atomic mass is 9.96. The predicted octanol–water partition coefficient (Wildman–Crippen LogP) is 7.26. The number of hydrogen-bond acceptors (Lipinski definition) is 6. The van der Waals surface area contributed by atoms with Crippen LogP contribution in [0.25, 0.3) is 0 Å². The molecule has 0 fully saturated rings. The molecule has 6 nitrogen and oxygen atoms in total. The number of benzene rings is 2. The number of carbonyl (C=O) groups excluding carboxylic acids is 3. The Hall–Kier alpha value is -3.10. The number of fused-ring (bicyclic) bond motifs is 1. The third kappa shape index (κ3) is 6.85. The fourth-order valence-corrected chi connectivity index (χ4v) is 6.78. The van der Waals surface area contributed by atoms with Crippen molar-refractivity contribution in [3.63, 3.8) is 0 Å². The van der Waals surface area contributed by atoms with Gasteiger partial charge in [0, 0.05) is 21.0 Å². The van der Waals surface area contributed by atoms with Crippen LogP contribution in [-0.4, -0.2) is 29.6 Å². The minimum atomic E-state index is -0.419. The molecule has 1 aliphatic carbocycles. The molecular weight excluding hydrogens is 516 g/mol. The zero-order valence-electron chi connectivity index (χ0n) is 22.1. The molecule has 1 unspecified atom stereocenters. The molecule has 1 heterocycles. The Labute approximate surface area is 232 Å². The maximum atomic E-state index is 13.2. The first-order valence-corrected chi connectivity index (χ1v) is 14.8. The van der Waals surface area contributed by atoms with E-state index in [0.717, 1.165) is 48.1 Å². The van der Waals surface area contributed by atoms with E-state index < -0.39 is 5.25 Å². The van der Waals surface area contributed by atoms with Crippen molar-refractivity contribution in [3.05, 3.63) is 75.7 Å². The summed E-state index contributed by atoms with van der Waals surface area (Å²) >= 11 is 2.91. The van der Waals surface area contributed by atoms with E-state index in [9.17, 15) is 14.4 Å². The van der Waals surface area contributed by atoms with Crippen LogP contribution in [-0.2, 0) is 22.4 Å². The van der Waals surface area contributed by atoms with Gasteiger partial charge in [-0.15, -0.1) is 23.1 Å². The van der Waals surface area contributed by atoms with Crippen LogP contribution in [0.3, 0.4) is 0 Å². The number of anilines is 2. The van der Waals surface area contributed by atoms with Crippen molar-refractivity contribution in [2.45, 2.75) is 69.4 Å². The molecule has 3 aromatic rings. The molecule has 0 saturated carbocycles. The summed E-state index contributed by atoms with van der Waals surface area (Å²) in [6.07, 6.45) is 6.22. The normalized spacial score (nSPS) is 14.0. The first-order valence-electron chi connectivity index (χ1n) is 13.1. The minimum Gasteiger partial charge on any atom is -0.462 e. The summed E-state index contributed by atoms with van der Waals surface area (Å²) in [5.74, 6) is -0.710. The average Bonchev–Trinajstić information content (AvgIpc) is 3.20. The lowest BCUT2D eigenvalue weighted by Crippen LogP contribution is -2.23. The van der Waals surface area contributed by atoms with Crippen LogP contribution < -0.4 is 10.6 Å². The van der Waals surface area contributed by atoms with Gasteiger partial charge in [-0.1, -0.05) is 37.1 Å². The number of carbonyl (C=O) groups is 3. The smallest absolute Gasteiger partial charge is 0.341 e. The highest BCUT2D eigenvalue weighted by Crippen LogP contribution is 2.38. The van der Waals surface area contributed by atoms with E-state index in [2.05, 4.69) is 10.6 Å². The Morgan fingerprint density at radius 1 is 1.00 bits per heavy atom. The molecule has 0 radical (unpaired) electrons. The zero-order chi connectivity index (χ0) is 27.1. The average molecular weight is 551 g/mol. The van der Waals surface area contributed by atoms with Gasteiger partial charge in [0.15, 0.2) is 0 Å². The second-order valence-corrected chi connectivity index (χ2v) is 11.9. The van der Waals surface area contributed by atoms with E-state index in [1.807, 2.05) is 56.3 Å². The van der Waals surface area contributed by atoms with Gasteiger partial charge >= 0.3 is 5.97 Å². The minimum absolute atomic E-state index is 0.171. The SMILES string of the molecule is CCOC(=O)c1c(NC(=O)C(C)Sc2cccc(NC(=O)c3ccccc3C)c2)sc2c1CCCCCC2. The maximum absolute atomic E-state index is 13.2. The fraction of sp³-hybridized carbons (Fsp3) is 0.367. The molecule has 0 aliphatic heterocycles. The summed E-state index contributed by atoms with van der Waals surface area (Å²) in [5.41, 5.74) is 3.77. The van der Waals surface area contributed by atoms with Crippen molar-refractivity contribution in [2.24, 2.45) is 0 Å². The van der Waals surface area contributed by atoms with E-state index in [0.29, 0.717) is 28.4 Å². The van der Waals surface area contributed by atoms with Gasteiger partial charge in [0.25, 0.3) is 5.91 Å². The number of rotatable bonds is 8. The number of amides is 2. The van der Waals surface area contributed by atoms with Gasteiger partial charge in [0.05, 0.1) is 17.4 Å². The van der Waals surface area contributed by atoms with Gasteiger partial charge in [-0.2, -0.15) is 0 Å². The van der Waals surface area contributed by atoms with Gasteiger partial charge in [-0.3, -0.25) is 9.59 Å². The molecule has 8 heteroatoms. The lowest BCUT2D eigenvalue weighted by Gasteiger charge is -2.14. The highest BCUT2D eigenvalue weighted by Gasteiger charge is 2.27. The Balaban J connectivity index is 1.46. The molecule has 4 rings (SSSR count). The number of nitrogens with one attached hydrogen (secondary N) is 2. The third-order valence-corrected chi connectivity index (χ3v) is 8.85. The molecule has 0 saturated heterocycles. The van der Waals surface area contributed by atoms with Gasteiger partial charge in [0.1, 0.15) is 5.00 Å². The van der Waals surface area contributed by atoms with E-state index in [-0.39, 0.29) is 17.8 Å². The Morgan fingerprint density at radius 3 is 2.53 bits per heavy atom.